The van der Waals surface area contributed by atoms with E-state index < -0.39 is 26.3 Å². The number of phosphoric ester groups is 1. The molecule has 5 rings (SSSR count). The number of methoxy groups -OCH3 is 1. The highest BCUT2D eigenvalue weighted by Crippen LogP contribution is 2.55. The molecule has 0 radical (unpaired) electrons. The third-order valence-corrected chi connectivity index (χ3v) is 6.40. The molecule has 4 heterocycles. The monoisotopic (exact) mass is 451 g/mol. The predicted octanol–water partition coefficient (Wildman–Crippen LogP) is 2.78. The summed E-state index contributed by atoms with van der Waals surface area (Å²) in [6.07, 6.45) is -0.308. The molecule has 11 nitrogen and oxygen atoms in total. The highest BCUT2D eigenvalue weighted by Gasteiger charge is 2.41. The van der Waals surface area contributed by atoms with Gasteiger partial charge in [-0.15, -0.1) is 0 Å². The number of benzene rings is 1. The van der Waals surface area contributed by atoms with Crippen molar-refractivity contribution in [2.24, 2.45) is 0 Å². The number of alkyl halides is 1. The molecule has 1 aromatic carbocycles. The lowest BCUT2D eigenvalue weighted by Crippen LogP contribution is -2.19. The van der Waals surface area contributed by atoms with Crippen molar-refractivity contribution in [2.75, 3.05) is 19.5 Å². The summed E-state index contributed by atoms with van der Waals surface area (Å²) >= 11 is 0. The molecular weight excluding hydrogens is 432 g/mol. The van der Waals surface area contributed by atoms with Crippen LogP contribution < -0.4 is 15.0 Å². The average molecular weight is 451 g/mol. The first-order valence-electron chi connectivity index (χ1n) is 9.44. The number of rotatable bonds is 5. The Kier molecular flexibility index (Phi) is 5.01. The van der Waals surface area contributed by atoms with Crippen molar-refractivity contribution < 1.29 is 32.0 Å². The van der Waals surface area contributed by atoms with Crippen LogP contribution in [-0.4, -0.2) is 45.5 Å². The Morgan fingerprint density at radius 1 is 1.35 bits per heavy atom. The van der Waals surface area contributed by atoms with Gasteiger partial charge in [0.15, 0.2) is 17.7 Å². The van der Waals surface area contributed by atoms with Crippen LogP contribution in [0.15, 0.2) is 30.9 Å². The van der Waals surface area contributed by atoms with Crippen LogP contribution in [0.2, 0.25) is 0 Å². The van der Waals surface area contributed by atoms with E-state index in [0.717, 1.165) is 0 Å². The Labute approximate surface area is 175 Å². The van der Waals surface area contributed by atoms with E-state index in [2.05, 4.69) is 15.0 Å². The summed E-state index contributed by atoms with van der Waals surface area (Å²) in [5.41, 5.74) is 7.19. The van der Waals surface area contributed by atoms with Crippen molar-refractivity contribution in [3.63, 3.8) is 0 Å². The number of nitrogen functional groups attached to an aromatic ring is 1. The third kappa shape index (κ3) is 3.72. The molecule has 3 unspecified atom stereocenters. The molecule has 1 saturated heterocycles. The quantitative estimate of drug-likeness (QED) is 0.577. The first-order valence-corrected chi connectivity index (χ1v) is 10.9. The summed E-state index contributed by atoms with van der Waals surface area (Å²) in [6, 6.07) is 5.03. The molecule has 2 aliphatic rings. The molecule has 31 heavy (non-hydrogen) atoms. The standard InChI is InChI=1S/C18H19FN5O6P/c1-26-11-2-3-14-10(4-11)6-27-31(25,30-14)28-7-12-5-13(19)18(29-12)24-9-23-15-16(20)21-8-22-17(15)24/h2-4,8-9,12-13,18H,5-7H2,1H3,(H2,20,21,22)/t12?,13-,18?,31?/m0/s1. The predicted molar refractivity (Wildman–Crippen MR) is 105 cm³/mol. The highest BCUT2D eigenvalue weighted by molar-refractivity contribution is 7.49. The lowest BCUT2D eigenvalue weighted by molar-refractivity contribution is -0.0362. The zero-order chi connectivity index (χ0) is 21.6. The fourth-order valence-corrected chi connectivity index (χ4v) is 4.77. The number of halogens is 1. The molecule has 164 valence electrons. The van der Waals surface area contributed by atoms with Crippen LogP contribution in [0.5, 0.6) is 11.5 Å². The number of aromatic nitrogens is 4. The minimum atomic E-state index is -3.87. The van der Waals surface area contributed by atoms with Crippen molar-refractivity contribution in [1.29, 1.82) is 0 Å². The molecule has 3 aromatic rings. The Morgan fingerprint density at radius 3 is 3.06 bits per heavy atom. The van der Waals surface area contributed by atoms with Crippen molar-refractivity contribution in [1.82, 2.24) is 19.5 Å². The summed E-state index contributed by atoms with van der Waals surface area (Å²) in [6.45, 7) is -0.144. The number of phosphoric acid groups is 1. The van der Waals surface area contributed by atoms with Crippen molar-refractivity contribution >= 4 is 24.8 Å². The smallest absolute Gasteiger partial charge is 0.497 e. The van der Waals surface area contributed by atoms with Crippen molar-refractivity contribution in [3.05, 3.63) is 36.4 Å². The van der Waals surface area contributed by atoms with Gasteiger partial charge in [0.05, 0.1) is 32.8 Å². The van der Waals surface area contributed by atoms with Crippen LogP contribution in [0.3, 0.4) is 0 Å². The van der Waals surface area contributed by atoms with Gasteiger partial charge in [-0.05, 0) is 18.2 Å². The van der Waals surface area contributed by atoms with E-state index in [1.165, 1.54) is 17.2 Å². The van der Waals surface area contributed by atoms with Gasteiger partial charge in [0.2, 0.25) is 0 Å². The van der Waals surface area contributed by atoms with Crippen molar-refractivity contribution in [2.45, 2.75) is 31.5 Å². The number of nitrogens with two attached hydrogens (primary N) is 1. The first-order chi connectivity index (χ1) is 15.0. The van der Waals surface area contributed by atoms with Crippen LogP contribution in [-0.2, 0) is 25.0 Å². The molecule has 4 atom stereocenters. The van der Waals surface area contributed by atoms with Crippen LogP contribution in [0.25, 0.3) is 11.2 Å². The van der Waals surface area contributed by atoms with Crippen LogP contribution >= 0.6 is 7.82 Å². The molecule has 0 aliphatic carbocycles. The Morgan fingerprint density at radius 2 is 2.23 bits per heavy atom. The van der Waals surface area contributed by atoms with Gasteiger partial charge >= 0.3 is 7.82 Å². The maximum absolute atomic E-state index is 14.7. The fraction of sp³-hybridized carbons (Fsp3) is 0.389. The molecule has 13 heteroatoms. The van der Waals surface area contributed by atoms with E-state index >= 15 is 0 Å². The van der Waals surface area contributed by atoms with Crippen LogP contribution in [0, 0.1) is 0 Å². The molecular formula is C18H19FN5O6P. The summed E-state index contributed by atoms with van der Waals surface area (Å²) in [5.74, 6) is 1.20. The highest BCUT2D eigenvalue weighted by atomic mass is 31.2. The van der Waals surface area contributed by atoms with Gasteiger partial charge in [-0.2, -0.15) is 0 Å². The fourth-order valence-electron chi connectivity index (χ4n) is 3.53. The zero-order valence-corrected chi connectivity index (χ0v) is 17.3. The van der Waals surface area contributed by atoms with Gasteiger partial charge in [-0.25, -0.2) is 23.9 Å². The maximum Gasteiger partial charge on any atom is 0.530 e. The number of ether oxygens (including phenoxy) is 2. The molecule has 2 aliphatic heterocycles. The zero-order valence-electron chi connectivity index (χ0n) is 16.4. The van der Waals surface area contributed by atoms with Crippen molar-refractivity contribution in [3.8, 4) is 11.5 Å². The number of hydrogen-bond donors (Lipinski definition) is 1. The first kappa shape index (κ1) is 20.1. The van der Waals surface area contributed by atoms with Crippen LogP contribution in [0.4, 0.5) is 10.2 Å². The average Bonchev–Trinajstić information content (AvgIpc) is 3.36. The SMILES string of the molecule is COc1ccc2c(c1)COP(=O)(OCC1C[C@H](F)C(n3cnc4c(N)ncnc43)O1)O2. The Hall–Kier alpha value is -2.79. The van der Waals surface area contributed by atoms with E-state index in [0.29, 0.717) is 28.2 Å². The minimum Gasteiger partial charge on any atom is -0.497 e. The Balaban J connectivity index is 1.25. The minimum absolute atomic E-state index is 0.0265. The second-order valence-electron chi connectivity index (χ2n) is 7.06. The molecule has 1 fully saturated rings. The van der Waals surface area contributed by atoms with E-state index in [-0.39, 0.29) is 25.5 Å². The van der Waals surface area contributed by atoms with E-state index in [4.69, 9.17) is 28.8 Å². The summed E-state index contributed by atoms with van der Waals surface area (Å²) in [5, 5.41) is 0. The second kappa shape index (κ2) is 7.72. The lowest BCUT2D eigenvalue weighted by Gasteiger charge is -2.25. The van der Waals surface area contributed by atoms with Gasteiger partial charge in [0.1, 0.15) is 29.5 Å². The van der Waals surface area contributed by atoms with E-state index in [9.17, 15) is 8.96 Å². The number of nitrogens with zero attached hydrogens (tertiary/aromatic N) is 4. The molecule has 0 saturated carbocycles. The number of hydrogen-bond acceptors (Lipinski definition) is 10. The third-order valence-electron chi connectivity index (χ3n) is 5.07. The van der Waals surface area contributed by atoms with Crippen LogP contribution in [0.1, 0.15) is 18.2 Å². The van der Waals surface area contributed by atoms with E-state index in [1.807, 2.05) is 0 Å². The topological polar surface area (TPSA) is 133 Å². The largest absolute Gasteiger partial charge is 0.530 e. The molecule has 2 N–H and O–H groups in total. The number of fused-ring (bicyclic) bond motifs is 2. The van der Waals surface area contributed by atoms with Gasteiger partial charge in [-0.1, -0.05) is 0 Å². The maximum atomic E-state index is 14.7. The number of imidazole rings is 1. The summed E-state index contributed by atoms with van der Waals surface area (Å²) < 4.78 is 56.1. The van der Waals surface area contributed by atoms with E-state index in [1.54, 1.807) is 25.3 Å². The lowest BCUT2D eigenvalue weighted by atomic mass is 10.2. The van der Waals surface area contributed by atoms with Gasteiger partial charge in [-0.3, -0.25) is 13.6 Å². The molecule has 2 aromatic heterocycles. The Bertz CT molecular complexity index is 1180. The molecule has 0 amide bonds. The normalized spacial score (nSPS) is 27.7. The second-order valence-corrected chi connectivity index (χ2v) is 8.66. The summed E-state index contributed by atoms with van der Waals surface area (Å²) in [7, 11) is -2.32. The molecule has 0 bridgehead atoms. The van der Waals surface area contributed by atoms with Gasteiger partial charge < -0.3 is 19.7 Å². The number of anilines is 1. The van der Waals surface area contributed by atoms with Gasteiger partial charge in [0.25, 0.3) is 0 Å². The summed E-state index contributed by atoms with van der Waals surface area (Å²) in [4.78, 5) is 12.1. The molecule has 0 spiro atoms. The van der Waals surface area contributed by atoms with Gasteiger partial charge in [0, 0.05) is 12.0 Å².